The van der Waals surface area contributed by atoms with Crippen molar-refractivity contribution in [1.29, 1.82) is 0 Å². The summed E-state index contributed by atoms with van der Waals surface area (Å²) >= 11 is 0. The molecule has 1 amide bonds. The standard InChI is InChI=1S/C28H54BNO3/c1-12-14-15-17-21-22(18-16-19-29-32-25(6,7)26(8,9)33-29)28(11,20-27(21,10)13-2)23(31)30-24(3,4)5/h21-22H,12-20H2,1-11H3,(H,30,31)/t21-,22?,27+,28?/m0/s1. The molecule has 1 heterocycles. The summed E-state index contributed by atoms with van der Waals surface area (Å²) < 4.78 is 12.5. The highest BCUT2D eigenvalue weighted by Crippen LogP contribution is 2.61. The van der Waals surface area contributed by atoms with E-state index in [1.807, 2.05) is 0 Å². The van der Waals surface area contributed by atoms with Crippen LogP contribution in [0.4, 0.5) is 0 Å². The molecule has 2 unspecified atom stereocenters. The average molecular weight is 464 g/mol. The van der Waals surface area contributed by atoms with Gasteiger partial charge in [-0.3, -0.25) is 4.79 Å². The number of carbonyl (C=O) groups is 1. The summed E-state index contributed by atoms with van der Waals surface area (Å²) in [6, 6.07) is 0. The highest BCUT2D eigenvalue weighted by molar-refractivity contribution is 6.45. The van der Waals surface area contributed by atoms with E-state index >= 15 is 0 Å². The fourth-order valence-corrected chi connectivity index (χ4v) is 6.42. The van der Waals surface area contributed by atoms with E-state index in [4.69, 9.17) is 9.31 Å². The predicted molar refractivity (Wildman–Crippen MR) is 140 cm³/mol. The smallest absolute Gasteiger partial charge is 0.403 e. The van der Waals surface area contributed by atoms with E-state index in [1.165, 1.54) is 25.7 Å². The molecule has 0 bridgehead atoms. The number of nitrogens with one attached hydrogen (secondary N) is 1. The number of hydrogen-bond donors (Lipinski definition) is 1. The van der Waals surface area contributed by atoms with Gasteiger partial charge in [-0.2, -0.15) is 0 Å². The molecule has 1 aliphatic heterocycles. The van der Waals surface area contributed by atoms with E-state index in [-0.39, 0.29) is 40.6 Å². The molecule has 4 nitrogen and oxygen atoms in total. The van der Waals surface area contributed by atoms with Crippen molar-refractivity contribution in [3.05, 3.63) is 0 Å². The minimum Gasteiger partial charge on any atom is -0.403 e. The molecule has 0 aromatic heterocycles. The fraction of sp³-hybridized carbons (Fsp3) is 0.964. The molecule has 2 aliphatic rings. The maximum atomic E-state index is 13.7. The first-order valence-electron chi connectivity index (χ1n) is 13.7. The van der Waals surface area contributed by atoms with Crippen molar-refractivity contribution >= 4 is 13.0 Å². The average Bonchev–Trinajstić information content (AvgIpc) is 3.01. The minimum absolute atomic E-state index is 0.151. The molecule has 1 N–H and O–H groups in total. The van der Waals surface area contributed by atoms with Gasteiger partial charge in [-0.1, -0.05) is 59.8 Å². The second kappa shape index (κ2) is 10.2. The molecule has 0 aromatic rings. The second-order valence-electron chi connectivity index (χ2n) is 13.6. The van der Waals surface area contributed by atoms with Crippen LogP contribution in [0.2, 0.25) is 6.32 Å². The van der Waals surface area contributed by atoms with E-state index in [0.29, 0.717) is 11.8 Å². The Morgan fingerprint density at radius 2 is 1.45 bits per heavy atom. The third-order valence-corrected chi connectivity index (χ3v) is 9.16. The Labute approximate surface area is 205 Å². The fourth-order valence-electron chi connectivity index (χ4n) is 6.42. The third-order valence-electron chi connectivity index (χ3n) is 9.16. The van der Waals surface area contributed by atoms with Gasteiger partial charge in [0.05, 0.1) is 11.2 Å². The van der Waals surface area contributed by atoms with Crippen LogP contribution in [-0.4, -0.2) is 29.8 Å². The summed E-state index contributed by atoms with van der Waals surface area (Å²) in [5, 5.41) is 3.35. The Kier molecular flexibility index (Phi) is 8.88. The summed E-state index contributed by atoms with van der Waals surface area (Å²) in [4.78, 5) is 13.7. The number of hydrogen-bond acceptors (Lipinski definition) is 3. The molecular weight excluding hydrogens is 409 g/mol. The Balaban J connectivity index is 2.21. The highest BCUT2D eigenvalue weighted by atomic mass is 16.7. The molecule has 0 radical (unpaired) electrons. The molecule has 1 saturated carbocycles. The van der Waals surface area contributed by atoms with Crippen molar-refractivity contribution in [2.45, 2.75) is 151 Å². The van der Waals surface area contributed by atoms with Crippen LogP contribution in [0, 0.1) is 22.7 Å². The molecular formula is C28H54BNO3. The van der Waals surface area contributed by atoms with Crippen LogP contribution in [-0.2, 0) is 14.1 Å². The van der Waals surface area contributed by atoms with E-state index in [9.17, 15) is 4.79 Å². The molecule has 33 heavy (non-hydrogen) atoms. The predicted octanol–water partition coefficient (Wildman–Crippen LogP) is 7.41. The SMILES string of the molecule is CCCCC[C@H]1C(CCCB2OC(C)(C)C(C)(C)O2)C(C)(C(=O)NC(C)(C)C)C[C@@]1(C)CC. The van der Waals surface area contributed by atoms with Crippen LogP contribution >= 0.6 is 0 Å². The van der Waals surface area contributed by atoms with E-state index in [2.05, 4.69) is 81.5 Å². The number of amides is 1. The quantitative estimate of drug-likeness (QED) is 0.271. The van der Waals surface area contributed by atoms with Gasteiger partial charge in [0.15, 0.2) is 0 Å². The molecule has 1 aliphatic carbocycles. The first-order valence-corrected chi connectivity index (χ1v) is 13.7. The second-order valence-corrected chi connectivity index (χ2v) is 13.6. The lowest BCUT2D eigenvalue weighted by molar-refractivity contribution is -0.134. The van der Waals surface area contributed by atoms with E-state index in [1.54, 1.807) is 0 Å². The monoisotopic (exact) mass is 463 g/mol. The van der Waals surface area contributed by atoms with Crippen molar-refractivity contribution in [3.63, 3.8) is 0 Å². The number of unbranched alkanes of at least 4 members (excludes halogenated alkanes) is 2. The van der Waals surface area contributed by atoms with Crippen molar-refractivity contribution in [2.75, 3.05) is 0 Å². The van der Waals surface area contributed by atoms with Crippen LogP contribution in [0.25, 0.3) is 0 Å². The van der Waals surface area contributed by atoms with Crippen LogP contribution < -0.4 is 5.32 Å². The normalized spacial score (nSPS) is 33.5. The van der Waals surface area contributed by atoms with Crippen molar-refractivity contribution < 1.29 is 14.1 Å². The van der Waals surface area contributed by atoms with Gasteiger partial charge in [0.1, 0.15) is 0 Å². The van der Waals surface area contributed by atoms with Gasteiger partial charge in [-0.15, -0.1) is 0 Å². The number of carbonyl (C=O) groups excluding carboxylic acids is 1. The van der Waals surface area contributed by atoms with Crippen LogP contribution in [0.1, 0.15) is 128 Å². The molecule has 192 valence electrons. The number of rotatable bonds is 10. The molecule has 0 aromatic carbocycles. The van der Waals surface area contributed by atoms with Gasteiger partial charge in [0.2, 0.25) is 5.91 Å². The lowest BCUT2D eigenvalue weighted by Gasteiger charge is -2.36. The van der Waals surface area contributed by atoms with E-state index < -0.39 is 0 Å². The summed E-state index contributed by atoms with van der Waals surface area (Å²) in [7, 11) is -0.151. The summed E-state index contributed by atoms with van der Waals surface area (Å²) in [6.45, 7) is 24.0. The molecule has 2 fully saturated rings. The summed E-state index contributed by atoms with van der Waals surface area (Å²) in [5.41, 5.74) is -0.890. The lowest BCUT2D eigenvalue weighted by Crippen LogP contribution is -2.50. The lowest BCUT2D eigenvalue weighted by atomic mass is 9.69. The summed E-state index contributed by atoms with van der Waals surface area (Å²) in [6.07, 6.45) is 10.1. The zero-order valence-corrected chi connectivity index (χ0v) is 23.8. The van der Waals surface area contributed by atoms with Crippen molar-refractivity contribution in [1.82, 2.24) is 5.32 Å². The van der Waals surface area contributed by atoms with E-state index in [0.717, 1.165) is 32.0 Å². The molecule has 4 atom stereocenters. The van der Waals surface area contributed by atoms with Gasteiger partial charge >= 0.3 is 7.12 Å². The largest absolute Gasteiger partial charge is 0.457 e. The van der Waals surface area contributed by atoms with Gasteiger partial charge in [-0.25, -0.2) is 0 Å². The topological polar surface area (TPSA) is 47.6 Å². The first-order chi connectivity index (χ1) is 15.0. The van der Waals surface area contributed by atoms with Crippen molar-refractivity contribution in [3.8, 4) is 0 Å². The van der Waals surface area contributed by atoms with Crippen LogP contribution in [0.15, 0.2) is 0 Å². The Hall–Kier alpha value is -0.545. The molecule has 2 rings (SSSR count). The first kappa shape index (κ1) is 28.7. The maximum Gasteiger partial charge on any atom is 0.457 e. The minimum atomic E-state index is -0.329. The Morgan fingerprint density at radius 1 is 0.909 bits per heavy atom. The zero-order valence-electron chi connectivity index (χ0n) is 23.8. The van der Waals surface area contributed by atoms with Crippen LogP contribution in [0.3, 0.4) is 0 Å². The third kappa shape index (κ3) is 6.37. The molecule has 5 heteroatoms. The molecule has 1 saturated heterocycles. The summed E-state index contributed by atoms with van der Waals surface area (Å²) in [5.74, 6) is 1.22. The maximum absolute atomic E-state index is 13.7. The molecule has 0 spiro atoms. The highest BCUT2D eigenvalue weighted by Gasteiger charge is 2.58. The van der Waals surface area contributed by atoms with Crippen LogP contribution in [0.5, 0.6) is 0 Å². The Bertz CT molecular complexity index is 655. The van der Waals surface area contributed by atoms with Gasteiger partial charge in [0.25, 0.3) is 0 Å². The Morgan fingerprint density at radius 3 is 1.94 bits per heavy atom. The van der Waals surface area contributed by atoms with Gasteiger partial charge < -0.3 is 14.6 Å². The van der Waals surface area contributed by atoms with Gasteiger partial charge in [-0.05, 0) is 91.3 Å². The van der Waals surface area contributed by atoms with Crippen molar-refractivity contribution in [2.24, 2.45) is 22.7 Å². The van der Waals surface area contributed by atoms with Gasteiger partial charge in [0, 0.05) is 11.0 Å². The zero-order chi connectivity index (χ0) is 25.3.